The Balaban J connectivity index is 2.03. The number of halogens is 1. The van der Waals surface area contributed by atoms with Crippen molar-refractivity contribution >= 4 is 27.3 Å². The number of aliphatic hydroxyl groups is 2. The van der Waals surface area contributed by atoms with Gasteiger partial charge in [-0.3, -0.25) is 0 Å². The number of nitrogens with zero attached hydrogens (tertiary/aromatic N) is 4. The van der Waals surface area contributed by atoms with E-state index in [9.17, 15) is 0 Å². The van der Waals surface area contributed by atoms with Crippen LogP contribution in [-0.2, 0) is 13.0 Å². The fraction of sp³-hybridized carbons (Fsp3) is 0.545. The molecule has 0 fully saturated rings. The van der Waals surface area contributed by atoms with Gasteiger partial charge in [-0.05, 0) is 22.9 Å². The molecule has 19 heavy (non-hydrogen) atoms. The number of hydrogen-bond donors (Lipinski definition) is 2. The van der Waals surface area contributed by atoms with Gasteiger partial charge in [0.2, 0.25) is 0 Å². The first kappa shape index (κ1) is 14.6. The molecule has 6 nitrogen and oxygen atoms in total. The Morgan fingerprint density at radius 2 is 2.16 bits per heavy atom. The van der Waals surface area contributed by atoms with Crippen molar-refractivity contribution in [3.8, 4) is 0 Å². The zero-order valence-corrected chi connectivity index (χ0v) is 12.9. The van der Waals surface area contributed by atoms with E-state index in [0.717, 1.165) is 20.2 Å². The zero-order chi connectivity index (χ0) is 13.8. The summed E-state index contributed by atoms with van der Waals surface area (Å²) in [7, 11) is 0. The van der Waals surface area contributed by atoms with E-state index in [1.807, 2.05) is 13.1 Å². The van der Waals surface area contributed by atoms with Crippen LogP contribution in [0.1, 0.15) is 16.3 Å². The molecule has 0 aromatic carbocycles. The molecule has 2 heterocycles. The third kappa shape index (κ3) is 3.82. The van der Waals surface area contributed by atoms with Gasteiger partial charge in [0.15, 0.2) is 3.92 Å². The highest BCUT2D eigenvalue weighted by Gasteiger charge is 2.12. The normalized spacial score (nSPS) is 11.4. The lowest BCUT2D eigenvalue weighted by atomic mass is 10.1. The van der Waals surface area contributed by atoms with Crippen molar-refractivity contribution in [1.29, 1.82) is 0 Å². The average Bonchev–Trinajstić information content (AvgIpc) is 2.94. The molecule has 0 radical (unpaired) electrons. The molecule has 2 aromatic heterocycles. The van der Waals surface area contributed by atoms with Gasteiger partial charge in [0.05, 0.1) is 17.9 Å². The molecule has 104 valence electrons. The van der Waals surface area contributed by atoms with E-state index in [-0.39, 0.29) is 19.1 Å². The summed E-state index contributed by atoms with van der Waals surface area (Å²) in [6.07, 6.45) is 2.34. The molecule has 0 saturated carbocycles. The smallest absolute Gasteiger partial charge is 0.159 e. The first-order valence-corrected chi connectivity index (χ1v) is 7.45. The predicted molar refractivity (Wildman–Crippen MR) is 75.0 cm³/mol. The molecule has 0 aliphatic rings. The van der Waals surface area contributed by atoms with Gasteiger partial charge >= 0.3 is 0 Å². The van der Waals surface area contributed by atoms with Crippen LogP contribution in [0.5, 0.6) is 0 Å². The third-order valence-electron chi connectivity index (χ3n) is 2.78. The van der Waals surface area contributed by atoms with E-state index in [4.69, 9.17) is 10.2 Å². The fourth-order valence-corrected chi connectivity index (χ4v) is 3.26. The Morgan fingerprint density at radius 1 is 1.42 bits per heavy atom. The lowest BCUT2D eigenvalue weighted by Gasteiger charge is -2.06. The van der Waals surface area contributed by atoms with Gasteiger partial charge in [-0.25, -0.2) is 9.67 Å². The molecular weight excluding hydrogens is 332 g/mol. The summed E-state index contributed by atoms with van der Waals surface area (Å²) in [6.45, 7) is 2.48. The Bertz CT molecular complexity index is 539. The molecule has 0 amide bonds. The second-order valence-electron chi connectivity index (χ2n) is 4.31. The van der Waals surface area contributed by atoms with Crippen LogP contribution >= 0.6 is 27.3 Å². The number of thiazole rings is 1. The summed E-state index contributed by atoms with van der Waals surface area (Å²) >= 11 is 4.95. The molecule has 0 aliphatic heterocycles. The van der Waals surface area contributed by atoms with E-state index in [2.05, 4.69) is 31.2 Å². The first-order chi connectivity index (χ1) is 9.12. The number of rotatable bonds is 6. The van der Waals surface area contributed by atoms with Gasteiger partial charge in [0, 0.05) is 36.6 Å². The molecule has 2 rings (SSSR count). The summed E-state index contributed by atoms with van der Waals surface area (Å²) in [5.41, 5.74) is 1.73. The standard InChI is InChI=1S/C11H15BrN4O2S/c1-7-10(13-11(12)19-7)4-16-3-9(14-15-16)2-8(5-17)6-18/h3,8,17-18H,2,4-6H2,1H3. The minimum absolute atomic E-state index is 0.0541. The predicted octanol–water partition coefficient (Wildman–Crippen LogP) is 0.997. The van der Waals surface area contributed by atoms with Crippen molar-refractivity contribution in [3.05, 3.63) is 26.4 Å². The Hall–Kier alpha value is -0.830. The van der Waals surface area contributed by atoms with E-state index in [0.29, 0.717) is 13.0 Å². The summed E-state index contributed by atoms with van der Waals surface area (Å²) in [5, 5.41) is 26.2. The Labute approximate surface area is 123 Å². The number of hydrogen-bond acceptors (Lipinski definition) is 6. The molecule has 2 aromatic rings. The van der Waals surface area contributed by atoms with Crippen LogP contribution in [0.4, 0.5) is 0 Å². The maximum absolute atomic E-state index is 9.04. The lowest BCUT2D eigenvalue weighted by molar-refractivity contribution is 0.149. The average molecular weight is 347 g/mol. The number of aryl methyl sites for hydroxylation is 1. The largest absolute Gasteiger partial charge is 0.396 e. The van der Waals surface area contributed by atoms with Crippen LogP contribution in [-0.4, -0.2) is 43.4 Å². The fourth-order valence-electron chi connectivity index (χ4n) is 1.68. The van der Waals surface area contributed by atoms with Crippen LogP contribution < -0.4 is 0 Å². The van der Waals surface area contributed by atoms with Gasteiger partial charge in [-0.15, -0.1) is 16.4 Å². The highest BCUT2D eigenvalue weighted by Crippen LogP contribution is 2.22. The molecule has 0 atom stereocenters. The topological polar surface area (TPSA) is 84.1 Å². The molecule has 0 aliphatic carbocycles. The first-order valence-electron chi connectivity index (χ1n) is 5.85. The lowest BCUT2D eigenvalue weighted by Crippen LogP contribution is -2.14. The second kappa shape index (κ2) is 6.56. The highest BCUT2D eigenvalue weighted by atomic mass is 79.9. The molecule has 0 bridgehead atoms. The van der Waals surface area contributed by atoms with Gasteiger partial charge in [0.25, 0.3) is 0 Å². The quantitative estimate of drug-likeness (QED) is 0.814. The summed E-state index contributed by atoms with van der Waals surface area (Å²) in [5.74, 6) is -0.180. The van der Waals surface area contributed by atoms with Crippen molar-refractivity contribution in [2.24, 2.45) is 5.92 Å². The highest BCUT2D eigenvalue weighted by molar-refractivity contribution is 9.11. The second-order valence-corrected chi connectivity index (χ2v) is 6.79. The van der Waals surface area contributed by atoms with Crippen LogP contribution in [0.15, 0.2) is 10.1 Å². The van der Waals surface area contributed by atoms with Crippen molar-refractivity contribution in [2.45, 2.75) is 19.9 Å². The Morgan fingerprint density at radius 3 is 2.74 bits per heavy atom. The number of aliphatic hydroxyl groups excluding tert-OH is 2. The minimum atomic E-state index is -0.180. The molecule has 0 spiro atoms. The van der Waals surface area contributed by atoms with Gasteiger partial charge < -0.3 is 10.2 Å². The van der Waals surface area contributed by atoms with Crippen molar-refractivity contribution in [1.82, 2.24) is 20.0 Å². The monoisotopic (exact) mass is 346 g/mol. The Kier molecular flexibility index (Phi) is 5.03. The SMILES string of the molecule is Cc1sc(Br)nc1Cn1cc(CC(CO)CO)nn1. The van der Waals surface area contributed by atoms with Gasteiger partial charge in [0.1, 0.15) is 0 Å². The van der Waals surface area contributed by atoms with Gasteiger partial charge in [-0.2, -0.15) is 0 Å². The van der Waals surface area contributed by atoms with Crippen LogP contribution in [0.3, 0.4) is 0 Å². The van der Waals surface area contributed by atoms with E-state index in [1.54, 1.807) is 16.0 Å². The maximum Gasteiger partial charge on any atom is 0.159 e. The third-order valence-corrected chi connectivity index (χ3v) is 4.24. The van der Waals surface area contributed by atoms with E-state index < -0.39 is 0 Å². The molecular formula is C11H15BrN4O2S. The van der Waals surface area contributed by atoms with Crippen molar-refractivity contribution < 1.29 is 10.2 Å². The molecule has 2 N–H and O–H groups in total. The van der Waals surface area contributed by atoms with Crippen molar-refractivity contribution in [3.63, 3.8) is 0 Å². The van der Waals surface area contributed by atoms with Gasteiger partial charge in [-0.1, -0.05) is 5.21 Å². The summed E-state index contributed by atoms with van der Waals surface area (Å²) < 4.78 is 2.58. The van der Waals surface area contributed by atoms with E-state index in [1.165, 1.54) is 0 Å². The van der Waals surface area contributed by atoms with E-state index >= 15 is 0 Å². The maximum atomic E-state index is 9.04. The van der Waals surface area contributed by atoms with Crippen LogP contribution in [0.2, 0.25) is 0 Å². The van der Waals surface area contributed by atoms with Crippen LogP contribution in [0.25, 0.3) is 0 Å². The number of aromatic nitrogens is 4. The molecule has 0 saturated heterocycles. The van der Waals surface area contributed by atoms with Crippen molar-refractivity contribution in [2.75, 3.05) is 13.2 Å². The van der Waals surface area contributed by atoms with Crippen LogP contribution in [0, 0.1) is 12.8 Å². The minimum Gasteiger partial charge on any atom is -0.396 e. The zero-order valence-electron chi connectivity index (χ0n) is 10.5. The summed E-state index contributed by atoms with van der Waals surface area (Å²) in [4.78, 5) is 5.52. The summed E-state index contributed by atoms with van der Waals surface area (Å²) in [6, 6.07) is 0. The molecule has 8 heteroatoms. The molecule has 0 unspecified atom stereocenters.